The van der Waals surface area contributed by atoms with E-state index in [1.54, 1.807) is 6.07 Å². The third kappa shape index (κ3) is 4.51. The summed E-state index contributed by atoms with van der Waals surface area (Å²) in [6.07, 6.45) is -4.34. The van der Waals surface area contributed by atoms with E-state index in [9.17, 15) is 13.2 Å². The SMILES string of the molecule is CN(C)CCSc1ccc(CN)c(C(F)(F)F)c1. The Morgan fingerprint density at radius 1 is 1.28 bits per heavy atom. The number of rotatable bonds is 5. The molecule has 1 aromatic carbocycles. The molecule has 1 aromatic rings. The highest BCUT2D eigenvalue weighted by Gasteiger charge is 2.33. The van der Waals surface area contributed by atoms with Gasteiger partial charge in [-0.2, -0.15) is 13.2 Å². The van der Waals surface area contributed by atoms with Crippen LogP contribution in [0.5, 0.6) is 0 Å². The van der Waals surface area contributed by atoms with Crippen molar-refractivity contribution < 1.29 is 13.2 Å². The zero-order valence-electron chi connectivity index (χ0n) is 10.4. The van der Waals surface area contributed by atoms with E-state index in [2.05, 4.69) is 0 Å². The lowest BCUT2D eigenvalue weighted by atomic mass is 10.1. The van der Waals surface area contributed by atoms with Crippen LogP contribution in [0, 0.1) is 0 Å². The molecule has 0 bridgehead atoms. The van der Waals surface area contributed by atoms with Gasteiger partial charge in [0.15, 0.2) is 0 Å². The molecule has 6 heteroatoms. The molecule has 0 fully saturated rings. The Morgan fingerprint density at radius 2 is 1.94 bits per heavy atom. The summed E-state index contributed by atoms with van der Waals surface area (Å²) in [6.45, 7) is 0.724. The Hall–Kier alpha value is -0.720. The third-order valence-corrected chi connectivity index (χ3v) is 3.39. The van der Waals surface area contributed by atoms with E-state index >= 15 is 0 Å². The van der Waals surface area contributed by atoms with E-state index < -0.39 is 11.7 Å². The van der Waals surface area contributed by atoms with Gasteiger partial charge < -0.3 is 10.6 Å². The summed E-state index contributed by atoms with van der Waals surface area (Å²) in [6, 6.07) is 4.33. The zero-order valence-corrected chi connectivity index (χ0v) is 11.2. The second-order valence-electron chi connectivity index (χ2n) is 4.17. The van der Waals surface area contributed by atoms with Gasteiger partial charge in [-0.15, -0.1) is 11.8 Å². The van der Waals surface area contributed by atoms with Crippen molar-refractivity contribution in [2.75, 3.05) is 26.4 Å². The molecule has 0 aliphatic rings. The second-order valence-corrected chi connectivity index (χ2v) is 5.34. The number of hydrogen-bond donors (Lipinski definition) is 1. The summed E-state index contributed by atoms with van der Waals surface area (Å²) in [5.74, 6) is 0.756. The maximum atomic E-state index is 12.8. The number of thioether (sulfide) groups is 1. The van der Waals surface area contributed by atoms with Crippen molar-refractivity contribution in [2.45, 2.75) is 17.6 Å². The fourth-order valence-corrected chi connectivity index (χ4v) is 2.49. The van der Waals surface area contributed by atoms with E-state index in [0.29, 0.717) is 4.90 Å². The summed E-state index contributed by atoms with van der Waals surface area (Å²) in [5, 5.41) is 0. The largest absolute Gasteiger partial charge is 0.416 e. The van der Waals surface area contributed by atoms with Crippen LogP contribution in [-0.2, 0) is 12.7 Å². The molecule has 102 valence electrons. The van der Waals surface area contributed by atoms with Crippen LogP contribution >= 0.6 is 11.8 Å². The fraction of sp³-hybridized carbons (Fsp3) is 0.500. The van der Waals surface area contributed by atoms with Crippen LogP contribution in [0.15, 0.2) is 23.1 Å². The third-order valence-electron chi connectivity index (χ3n) is 2.41. The van der Waals surface area contributed by atoms with Gasteiger partial charge in [0.2, 0.25) is 0 Å². The van der Waals surface area contributed by atoms with Crippen LogP contribution in [0.2, 0.25) is 0 Å². The smallest absolute Gasteiger partial charge is 0.326 e. The van der Waals surface area contributed by atoms with Gasteiger partial charge in [-0.3, -0.25) is 0 Å². The molecule has 0 aliphatic carbocycles. The topological polar surface area (TPSA) is 29.3 Å². The minimum Gasteiger partial charge on any atom is -0.326 e. The summed E-state index contributed by atoms with van der Waals surface area (Å²) in [5.41, 5.74) is 4.84. The standard InChI is InChI=1S/C12H17F3N2S/c1-17(2)5-6-18-10-4-3-9(8-16)11(7-10)12(13,14)15/h3-4,7H,5-6,8,16H2,1-2H3. The Kier molecular flexibility index (Phi) is 5.49. The fourth-order valence-electron chi connectivity index (χ4n) is 1.43. The lowest BCUT2D eigenvalue weighted by Crippen LogP contribution is -2.15. The van der Waals surface area contributed by atoms with Crippen molar-refractivity contribution in [1.29, 1.82) is 0 Å². The van der Waals surface area contributed by atoms with Crippen molar-refractivity contribution >= 4 is 11.8 Å². The van der Waals surface area contributed by atoms with Crippen molar-refractivity contribution in [3.05, 3.63) is 29.3 Å². The molecule has 0 heterocycles. The first-order valence-corrected chi connectivity index (χ1v) is 6.51. The molecule has 2 nitrogen and oxygen atoms in total. The van der Waals surface area contributed by atoms with Crippen LogP contribution in [0.25, 0.3) is 0 Å². The van der Waals surface area contributed by atoms with Gasteiger partial charge in [0.25, 0.3) is 0 Å². The highest BCUT2D eigenvalue weighted by molar-refractivity contribution is 7.99. The van der Waals surface area contributed by atoms with E-state index in [4.69, 9.17) is 5.73 Å². The second kappa shape index (κ2) is 6.45. The van der Waals surface area contributed by atoms with E-state index in [-0.39, 0.29) is 12.1 Å². The van der Waals surface area contributed by atoms with Crippen molar-refractivity contribution in [2.24, 2.45) is 5.73 Å². The first kappa shape index (κ1) is 15.3. The van der Waals surface area contributed by atoms with E-state index in [1.807, 2.05) is 19.0 Å². The summed E-state index contributed by atoms with van der Waals surface area (Å²) in [7, 11) is 3.86. The number of benzene rings is 1. The molecular weight excluding hydrogens is 261 g/mol. The minimum absolute atomic E-state index is 0.0997. The van der Waals surface area contributed by atoms with Crippen molar-refractivity contribution in [3.63, 3.8) is 0 Å². The molecule has 18 heavy (non-hydrogen) atoms. The van der Waals surface area contributed by atoms with Gasteiger partial charge in [0, 0.05) is 23.7 Å². The Labute approximate surface area is 109 Å². The molecule has 0 saturated carbocycles. The first-order chi connectivity index (χ1) is 8.34. The average molecular weight is 278 g/mol. The molecule has 0 atom stereocenters. The lowest BCUT2D eigenvalue weighted by Gasteiger charge is -2.14. The van der Waals surface area contributed by atoms with Gasteiger partial charge in [-0.05, 0) is 31.8 Å². The zero-order chi connectivity index (χ0) is 13.8. The number of alkyl halides is 3. The molecular formula is C12H17F3N2S. The van der Waals surface area contributed by atoms with Gasteiger partial charge in [0.05, 0.1) is 5.56 Å². The normalized spacial score (nSPS) is 12.2. The van der Waals surface area contributed by atoms with Crippen molar-refractivity contribution in [1.82, 2.24) is 4.90 Å². The average Bonchev–Trinajstić information content (AvgIpc) is 2.27. The number of nitrogens with two attached hydrogens (primary N) is 1. The predicted molar refractivity (Wildman–Crippen MR) is 68.6 cm³/mol. The monoisotopic (exact) mass is 278 g/mol. The van der Waals surface area contributed by atoms with Gasteiger partial charge in [-0.25, -0.2) is 0 Å². The van der Waals surface area contributed by atoms with E-state index in [0.717, 1.165) is 12.3 Å². The highest BCUT2D eigenvalue weighted by Crippen LogP contribution is 2.34. The number of hydrogen-bond acceptors (Lipinski definition) is 3. The molecule has 0 amide bonds. The molecule has 0 unspecified atom stereocenters. The molecule has 0 aromatic heterocycles. The highest BCUT2D eigenvalue weighted by atomic mass is 32.2. The summed E-state index contributed by atoms with van der Waals surface area (Å²) >= 11 is 1.42. The summed E-state index contributed by atoms with van der Waals surface area (Å²) < 4.78 is 38.4. The summed E-state index contributed by atoms with van der Waals surface area (Å²) in [4.78, 5) is 2.62. The van der Waals surface area contributed by atoms with Crippen LogP contribution in [0.3, 0.4) is 0 Å². The minimum atomic E-state index is -4.34. The maximum Gasteiger partial charge on any atom is 0.416 e. The number of halogens is 3. The van der Waals surface area contributed by atoms with Gasteiger partial charge >= 0.3 is 6.18 Å². The maximum absolute atomic E-state index is 12.8. The molecule has 0 spiro atoms. The molecule has 0 aliphatic heterocycles. The molecule has 1 rings (SSSR count). The lowest BCUT2D eigenvalue weighted by molar-refractivity contribution is -0.138. The molecule has 2 N–H and O–H groups in total. The Bertz CT molecular complexity index is 391. The van der Waals surface area contributed by atoms with Crippen molar-refractivity contribution in [3.8, 4) is 0 Å². The number of nitrogens with zero attached hydrogens (tertiary/aromatic N) is 1. The Balaban J connectivity index is 2.83. The molecule has 0 saturated heterocycles. The van der Waals surface area contributed by atoms with E-state index in [1.165, 1.54) is 23.9 Å². The van der Waals surface area contributed by atoms with Crippen LogP contribution < -0.4 is 5.73 Å². The van der Waals surface area contributed by atoms with Gasteiger partial charge in [0.1, 0.15) is 0 Å². The Morgan fingerprint density at radius 3 is 2.44 bits per heavy atom. The van der Waals surface area contributed by atoms with Crippen LogP contribution in [0.1, 0.15) is 11.1 Å². The quantitative estimate of drug-likeness (QED) is 0.840. The predicted octanol–water partition coefficient (Wildman–Crippen LogP) is 2.82. The first-order valence-electron chi connectivity index (χ1n) is 5.52. The van der Waals surface area contributed by atoms with Gasteiger partial charge in [-0.1, -0.05) is 6.07 Å². The molecule has 0 radical (unpaired) electrons. The van der Waals surface area contributed by atoms with Crippen LogP contribution in [0.4, 0.5) is 13.2 Å². The van der Waals surface area contributed by atoms with Crippen LogP contribution in [-0.4, -0.2) is 31.3 Å².